The number of amides is 1. The maximum Gasteiger partial charge on any atom is 0.220 e. The van der Waals surface area contributed by atoms with Crippen LogP contribution in [0.2, 0.25) is 0 Å². The third-order valence-corrected chi connectivity index (χ3v) is 4.63. The van der Waals surface area contributed by atoms with Crippen molar-refractivity contribution in [2.75, 3.05) is 6.54 Å². The van der Waals surface area contributed by atoms with Gasteiger partial charge in [0.05, 0.1) is 11.4 Å². The van der Waals surface area contributed by atoms with E-state index in [0.29, 0.717) is 31.4 Å². The largest absolute Gasteiger partial charge is 0.356 e. The average Bonchev–Trinajstić information content (AvgIpc) is 3.11. The molecule has 0 fully saturated rings. The highest BCUT2D eigenvalue weighted by molar-refractivity contribution is 7.13. The van der Waals surface area contributed by atoms with Gasteiger partial charge in [0.1, 0.15) is 10.8 Å². The topological polar surface area (TPSA) is 54.9 Å². The molecule has 0 saturated heterocycles. The molecule has 1 aromatic carbocycles. The Balaban J connectivity index is 1.44. The predicted octanol–water partition coefficient (Wildman–Crippen LogP) is 3.64. The smallest absolute Gasteiger partial charge is 0.220 e. The van der Waals surface area contributed by atoms with E-state index >= 15 is 0 Å². The minimum Gasteiger partial charge on any atom is -0.356 e. The van der Waals surface area contributed by atoms with Gasteiger partial charge in [-0.2, -0.15) is 0 Å². The highest BCUT2D eigenvalue weighted by atomic mass is 32.1. The number of aryl methyl sites for hydroxylation is 1. The van der Waals surface area contributed by atoms with Crippen LogP contribution in [-0.2, 0) is 17.6 Å². The first kappa shape index (κ1) is 17.2. The van der Waals surface area contributed by atoms with Crippen molar-refractivity contribution in [2.45, 2.75) is 19.3 Å². The van der Waals surface area contributed by atoms with Gasteiger partial charge in [0.2, 0.25) is 5.91 Å². The number of hydrogen-bond acceptors (Lipinski definition) is 4. The van der Waals surface area contributed by atoms with Crippen LogP contribution in [0.3, 0.4) is 0 Å². The summed E-state index contributed by atoms with van der Waals surface area (Å²) in [5.41, 5.74) is 2.34. The number of pyridine rings is 1. The van der Waals surface area contributed by atoms with Crippen LogP contribution in [-0.4, -0.2) is 22.4 Å². The molecule has 4 nitrogen and oxygen atoms in total. The summed E-state index contributed by atoms with van der Waals surface area (Å²) in [5.74, 6) is -0.287. The van der Waals surface area contributed by atoms with Gasteiger partial charge in [0.15, 0.2) is 0 Å². The van der Waals surface area contributed by atoms with Gasteiger partial charge in [0, 0.05) is 24.5 Å². The van der Waals surface area contributed by atoms with E-state index in [0.717, 1.165) is 16.4 Å². The number of hydrogen-bond donors (Lipinski definition) is 1. The lowest BCUT2D eigenvalue weighted by Crippen LogP contribution is -2.26. The van der Waals surface area contributed by atoms with Crippen LogP contribution in [0.4, 0.5) is 4.39 Å². The lowest BCUT2D eigenvalue weighted by atomic mass is 10.1. The summed E-state index contributed by atoms with van der Waals surface area (Å²) < 4.78 is 13.5. The Kier molecular flexibility index (Phi) is 5.85. The molecule has 0 bridgehead atoms. The SMILES string of the molecule is O=C(CCc1csc(-c2ccccn2)n1)NCCc1ccccc1F. The highest BCUT2D eigenvalue weighted by Gasteiger charge is 2.08. The molecule has 0 aliphatic heterocycles. The van der Waals surface area contributed by atoms with Crippen LogP contribution in [0, 0.1) is 5.82 Å². The Morgan fingerprint density at radius 3 is 2.76 bits per heavy atom. The second-order valence-corrected chi connectivity index (χ2v) is 6.41. The minimum atomic E-state index is -0.235. The minimum absolute atomic E-state index is 0.0521. The van der Waals surface area contributed by atoms with E-state index < -0.39 is 0 Å². The first-order chi connectivity index (χ1) is 12.2. The average molecular weight is 355 g/mol. The molecule has 0 aliphatic carbocycles. The third-order valence-electron chi connectivity index (χ3n) is 3.72. The van der Waals surface area contributed by atoms with Gasteiger partial charge in [0.25, 0.3) is 0 Å². The Hall–Kier alpha value is -2.60. The van der Waals surface area contributed by atoms with E-state index in [1.54, 1.807) is 24.4 Å². The molecule has 0 spiro atoms. The number of thiazole rings is 1. The zero-order chi connectivity index (χ0) is 17.5. The molecule has 0 aliphatic rings. The predicted molar refractivity (Wildman–Crippen MR) is 96.8 cm³/mol. The number of rotatable bonds is 7. The van der Waals surface area contributed by atoms with Crippen LogP contribution in [0.15, 0.2) is 54.0 Å². The number of halogens is 1. The van der Waals surface area contributed by atoms with Crippen molar-refractivity contribution >= 4 is 17.2 Å². The Labute approximate surface area is 149 Å². The van der Waals surface area contributed by atoms with Gasteiger partial charge in [-0.15, -0.1) is 11.3 Å². The summed E-state index contributed by atoms with van der Waals surface area (Å²) in [7, 11) is 0. The standard InChI is InChI=1S/C19H18FN3OS/c20-16-6-2-1-5-14(16)10-12-22-18(24)9-8-15-13-25-19(23-15)17-7-3-4-11-21-17/h1-7,11,13H,8-10,12H2,(H,22,24). The molecule has 0 radical (unpaired) electrons. The molecule has 2 aromatic heterocycles. The molecule has 0 saturated carbocycles. The summed E-state index contributed by atoms with van der Waals surface area (Å²) in [6, 6.07) is 12.3. The van der Waals surface area contributed by atoms with Crippen molar-refractivity contribution in [1.29, 1.82) is 0 Å². The summed E-state index contributed by atoms with van der Waals surface area (Å²) in [6.07, 6.45) is 3.16. The molecule has 0 unspecified atom stereocenters. The van der Waals surface area contributed by atoms with Crippen molar-refractivity contribution in [3.8, 4) is 10.7 Å². The van der Waals surface area contributed by atoms with Gasteiger partial charge in [-0.3, -0.25) is 9.78 Å². The van der Waals surface area contributed by atoms with Crippen molar-refractivity contribution in [3.63, 3.8) is 0 Å². The maximum atomic E-state index is 13.5. The Morgan fingerprint density at radius 2 is 1.96 bits per heavy atom. The molecule has 25 heavy (non-hydrogen) atoms. The summed E-state index contributed by atoms with van der Waals surface area (Å²) >= 11 is 1.52. The van der Waals surface area contributed by atoms with E-state index in [-0.39, 0.29) is 11.7 Å². The number of benzene rings is 1. The van der Waals surface area contributed by atoms with Gasteiger partial charge < -0.3 is 5.32 Å². The van der Waals surface area contributed by atoms with Gasteiger partial charge in [-0.05, 0) is 36.6 Å². The molecular formula is C19H18FN3OS. The molecule has 0 atom stereocenters. The molecule has 3 aromatic rings. The third kappa shape index (κ3) is 4.93. The fraction of sp³-hybridized carbons (Fsp3) is 0.211. The normalized spacial score (nSPS) is 10.6. The Bertz CT molecular complexity index is 835. The number of nitrogens with zero attached hydrogens (tertiary/aromatic N) is 2. The Morgan fingerprint density at radius 1 is 1.12 bits per heavy atom. The van der Waals surface area contributed by atoms with Crippen LogP contribution >= 0.6 is 11.3 Å². The first-order valence-corrected chi connectivity index (χ1v) is 8.96. The molecule has 128 valence electrons. The van der Waals surface area contributed by atoms with Crippen LogP contribution in [0.25, 0.3) is 10.7 Å². The number of carbonyl (C=O) groups excluding carboxylic acids is 1. The van der Waals surface area contributed by atoms with Crippen LogP contribution in [0.1, 0.15) is 17.7 Å². The summed E-state index contributed by atoms with van der Waals surface area (Å²) in [5, 5.41) is 5.64. The van der Waals surface area contributed by atoms with E-state index in [9.17, 15) is 9.18 Å². The van der Waals surface area contributed by atoms with Gasteiger partial charge in [-0.1, -0.05) is 24.3 Å². The van der Waals surface area contributed by atoms with E-state index in [4.69, 9.17) is 0 Å². The lowest BCUT2D eigenvalue weighted by Gasteiger charge is -2.05. The number of carbonyl (C=O) groups is 1. The quantitative estimate of drug-likeness (QED) is 0.704. The fourth-order valence-corrected chi connectivity index (χ4v) is 3.23. The van der Waals surface area contributed by atoms with Crippen molar-refractivity contribution < 1.29 is 9.18 Å². The summed E-state index contributed by atoms with van der Waals surface area (Å²) in [4.78, 5) is 20.7. The van der Waals surface area contributed by atoms with E-state index in [1.807, 2.05) is 23.6 Å². The van der Waals surface area contributed by atoms with Crippen LogP contribution < -0.4 is 5.32 Å². The molecular weight excluding hydrogens is 337 g/mol. The van der Waals surface area contributed by atoms with Crippen molar-refractivity contribution in [2.24, 2.45) is 0 Å². The summed E-state index contributed by atoms with van der Waals surface area (Å²) in [6.45, 7) is 0.427. The fourth-order valence-electron chi connectivity index (χ4n) is 2.40. The van der Waals surface area contributed by atoms with Gasteiger partial charge in [-0.25, -0.2) is 9.37 Å². The number of nitrogens with one attached hydrogen (secondary N) is 1. The lowest BCUT2D eigenvalue weighted by molar-refractivity contribution is -0.121. The molecule has 1 N–H and O–H groups in total. The van der Waals surface area contributed by atoms with E-state index in [1.165, 1.54) is 17.4 Å². The maximum absolute atomic E-state index is 13.5. The van der Waals surface area contributed by atoms with Crippen LogP contribution in [0.5, 0.6) is 0 Å². The first-order valence-electron chi connectivity index (χ1n) is 8.08. The van der Waals surface area contributed by atoms with Crippen molar-refractivity contribution in [3.05, 3.63) is 71.1 Å². The monoisotopic (exact) mass is 355 g/mol. The molecule has 6 heteroatoms. The zero-order valence-corrected chi connectivity index (χ0v) is 14.4. The molecule has 2 heterocycles. The number of aromatic nitrogens is 2. The second-order valence-electron chi connectivity index (χ2n) is 5.55. The molecule has 3 rings (SSSR count). The second kappa shape index (κ2) is 8.48. The molecule has 1 amide bonds. The van der Waals surface area contributed by atoms with Gasteiger partial charge >= 0.3 is 0 Å². The van der Waals surface area contributed by atoms with E-state index in [2.05, 4.69) is 15.3 Å². The highest BCUT2D eigenvalue weighted by Crippen LogP contribution is 2.21. The van der Waals surface area contributed by atoms with Crippen molar-refractivity contribution in [1.82, 2.24) is 15.3 Å². The zero-order valence-electron chi connectivity index (χ0n) is 13.6.